The summed E-state index contributed by atoms with van der Waals surface area (Å²) < 4.78 is 18.2. The Morgan fingerprint density at radius 1 is 1.12 bits per heavy atom. The molecule has 0 atom stereocenters. The fourth-order valence-electron chi connectivity index (χ4n) is 1.42. The van der Waals surface area contributed by atoms with Crippen LogP contribution in [0.4, 0.5) is 4.39 Å². The summed E-state index contributed by atoms with van der Waals surface area (Å²) in [7, 11) is 0. The molecule has 0 spiro atoms. The third-order valence-corrected chi connectivity index (χ3v) is 2.24. The first kappa shape index (κ1) is 11.5. The van der Waals surface area contributed by atoms with Gasteiger partial charge in [0.2, 0.25) is 11.8 Å². The Kier molecular flexibility index (Phi) is 3.67. The van der Waals surface area contributed by atoms with Crippen LogP contribution in [-0.4, -0.2) is 16.7 Å². The summed E-state index contributed by atoms with van der Waals surface area (Å²) >= 11 is 0. The highest BCUT2D eigenvalue weighted by Gasteiger charge is 2.00. The molecular formula is C13H12FNO2. The average molecular weight is 233 g/mol. The number of aliphatic hydroxyl groups excluding tert-OH is 1. The molecule has 2 aromatic rings. The van der Waals surface area contributed by atoms with E-state index in [0.717, 1.165) is 5.56 Å². The van der Waals surface area contributed by atoms with Crippen molar-refractivity contribution in [1.29, 1.82) is 0 Å². The Morgan fingerprint density at radius 2 is 1.88 bits per heavy atom. The molecule has 0 unspecified atom stereocenters. The first-order valence-corrected chi connectivity index (χ1v) is 5.28. The van der Waals surface area contributed by atoms with Crippen molar-refractivity contribution in [2.24, 2.45) is 0 Å². The molecular weight excluding hydrogens is 221 g/mol. The summed E-state index contributed by atoms with van der Waals surface area (Å²) in [6, 6.07) is 11.6. The van der Waals surface area contributed by atoms with Gasteiger partial charge in [-0.15, -0.1) is 0 Å². The van der Waals surface area contributed by atoms with Crippen molar-refractivity contribution in [3.8, 4) is 11.6 Å². The van der Waals surface area contributed by atoms with Crippen molar-refractivity contribution in [2.75, 3.05) is 6.61 Å². The predicted octanol–water partition coefficient (Wildman–Crippen LogP) is 2.55. The lowest BCUT2D eigenvalue weighted by atomic mass is 10.1. The molecule has 1 aromatic heterocycles. The van der Waals surface area contributed by atoms with Gasteiger partial charge in [0.25, 0.3) is 0 Å². The molecule has 1 N–H and O–H groups in total. The molecule has 0 amide bonds. The summed E-state index contributed by atoms with van der Waals surface area (Å²) in [5.74, 6) is 0.240. The minimum Gasteiger partial charge on any atom is -0.439 e. The van der Waals surface area contributed by atoms with Crippen molar-refractivity contribution in [3.05, 3.63) is 54.0 Å². The molecule has 0 bridgehead atoms. The zero-order valence-corrected chi connectivity index (χ0v) is 9.14. The molecule has 0 aliphatic heterocycles. The van der Waals surface area contributed by atoms with Crippen LogP contribution in [0, 0.1) is 5.95 Å². The van der Waals surface area contributed by atoms with Gasteiger partial charge in [-0.25, -0.2) is 0 Å². The monoisotopic (exact) mass is 233 g/mol. The van der Waals surface area contributed by atoms with Crippen LogP contribution in [0.1, 0.15) is 5.56 Å². The number of pyridine rings is 1. The number of aromatic nitrogens is 1. The average Bonchev–Trinajstić information content (AvgIpc) is 2.32. The van der Waals surface area contributed by atoms with Gasteiger partial charge in [-0.1, -0.05) is 18.2 Å². The summed E-state index contributed by atoms with van der Waals surface area (Å²) in [4.78, 5) is 3.60. The SMILES string of the molecule is OCCc1ccc(Oc2cccc(F)n2)cc1. The van der Waals surface area contributed by atoms with Gasteiger partial charge in [-0.05, 0) is 30.2 Å². The van der Waals surface area contributed by atoms with Gasteiger partial charge in [-0.2, -0.15) is 9.37 Å². The van der Waals surface area contributed by atoms with Gasteiger partial charge >= 0.3 is 0 Å². The number of halogens is 1. The third-order valence-electron chi connectivity index (χ3n) is 2.24. The molecule has 0 fully saturated rings. The van der Waals surface area contributed by atoms with Gasteiger partial charge in [0.05, 0.1) is 0 Å². The van der Waals surface area contributed by atoms with Gasteiger partial charge in [0.1, 0.15) is 5.75 Å². The van der Waals surface area contributed by atoms with Crippen molar-refractivity contribution >= 4 is 0 Å². The first-order chi connectivity index (χ1) is 8.28. The van der Waals surface area contributed by atoms with E-state index in [4.69, 9.17) is 9.84 Å². The van der Waals surface area contributed by atoms with Gasteiger partial charge in [0, 0.05) is 12.7 Å². The number of rotatable bonds is 4. The van der Waals surface area contributed by atoms with E-state index in [1.165, 1.54) is 12.1 Å². The Hall–Kier alpha value is -1.94. The molecule has 88 valence electrons. The van der Waals surface area contributed by atoms with Crippen LogP contribution < -0.4 is 4.74 Å². The molecule has 3 nitrogen and oxygen atoms in total. The van der Waals surface area contributed by atoms with Gasteiger partial charge in [0.15, 0.2) is 0 Å². The van der Waals surface area contributed by atoms with Crippen LogP contribution in [0.2, 0.25) is 0 Å². The van der Waals surface area contributed by atoms with Crippen molar-refractivity contribution in [2.45, 2.75) is 6.42 Å². The number of nitrogens with zero attached hydrogens (tertiary/aromatic N) is 1. The predicted molar refractivity (Wildman–Crippen MR) is 61.5 cm³/mol. The van der Waals surface area contributed by atoms with E-state index in [1.807, 2.05) is 12.1 Å². The Morgan fingerprint density at radius 3 is 2.53 bits per heavy atom. The molecule has 0 saturated heterocycles. The second kappa shape index (κ2) is 5.41. The molecule has 1 aromatic carbocycles. The van der Waals surface area contributed by atoms with E-state index < -0.39 is 5.95 Å². The van der Waals surface area contributed by atoms with Gasteiger partial charge in [-0.3, -0.25) is 0 Å². The van der Waals surface area contributed by atoms with Crippen LogP contribution in [0.5, 0.6) is 11.6 Å². The van der Waals surface area contributed by atoms with Crippen molar-refractivity contribution in [1.82, 2.24) is 4.98 Å². The van der Waals surface area contributed by atoms with Crippen LogP contribution >= 0.6 is 0 Å². The van der Waals surface area contributed by atoms with E-state index in [1.54, 1.807) is 18.2 Å². The second-order valence-corrected chi connectivity index (χ2v) is 3.52. The molecule has 2 rings (SSSR count). The molecule has 0 radical (unpaired) electrons. The summed E-state index contributed by atoms with van der Waals surface area (Å²) in [5, 5.41) is 8.77. The van der Waals surface area contributed by atoms with Gasteiger partial charge < -0.3 is 9.84 Å². The minimum absolute atomic E-state index is 0.117. The van der Waals surface area contributed by atoms with Crippen LogP contribution in [0.3, 0.4) is 0 Å². The Labute approximate surface area is 98.5 Å². The molecule has 0 aliphatic rings. The molecule has 0 saturated carbocycles. The smallest absolute Gasteiger partial charge is 0.221 e. The van der Waals surface area contributed by atoms with E-state index in [-0.39, 0.29) is 12.5 Å². The third kappa shape index (κ3) is 3.26. The standard InChI is InChI=1S/C13H12FNO2/c14-12-2-1-3-13(15-12)17-11-6-4-10(5-7-11)8-9-16/h1-7,16H,8-9H2. The molecule has 4 heteroatoms. The van der Waals surface area contributed by atoms with Crippen LogP contribution in [0.15, 0.2) is 42.5 Å². The zero-order valence-electron chi connectivity index (χ0n) is 9.14. The summed E-state index contributed by atoms with van der Waals surface area (Å²) in [5.41, 5.74) is 1.02. The quantitative estimate of drug-likeness (QED) is 0.825. The van der Waals surface area contributed by atoms with E-state index >= 15 is 0 Å². The highest BCUT2D eigenvalue weighted by molar-refractivity contribution is 5.30. The maximum Gasteiger partial charge on any atom is 0.221 e. The maximum absolute atomic E-state index is 12.8. The maximum atomic E-state index is 12.8. The van der Waals surface area contributed by atoms with E-state index in [2.05, 4.69) is 4.98 Å². The fourth-order valence-corrected chi connectivity index (χ4v) is 1.42. The lowest BCUT2D eigenvalue weighted by Crippen LogP contribution is -1.92. The van der Waals surface area contributed by atoms with Crippen molar-refractivity contribution < 1.29 is 14.2 Å². The number of hydrogen-bond donors (Lipinski definition) is 1. The molecule has 1 heterocycles. The number of ether oxygens (including phenoxy) is 1. The van der Waals surface area contributed by atoms with E-state index in [0.29, 0.717) is 12.2 Å². The highest BCUT2D eigenvalue weighted by Crippen LogP contribution is 2.19. The largest absolute Gasteiger partial charge is 0.439 e. The van der Waals surface area contributed by atoms with Crippen LogP contribution in [-0.2, 0) is 6.42 Å². The molecule has 17 heavy (non-hydrogen) atoms. The molecule has 0 aliphatic carbocycles. The van der Waals surface area contributed by atoms with E-state index in [9.17, 15) is 4.39 Å². The topological polar surface area (TPSA) is 42.4 Å². The zero-order chi connectivity index (χ0) is 12.1. The fraction of sp³-hybridized carbons (Fsp3) is 0.154. The lowest BCUT2D eigenvalue weighted by Gasteiger charge is -2.05. The summed E-state index contributed by atoms with van der Waals surface area (Å²) in [6.07, 6.45) is 0.610. The van der Waals surface area contributed by atoms with Crippen molar-refractivity contribution in [3.63, 3.8) is 0 Å². The number of benzene rings is 1. The normalized spacial score (nSPS) is 10.2. The summed E-state index contributed by atoms with van der Waals surface area (Å²) in [6.45, 7) is 0.117. The van der Waals surface area contributed by atoms with Crippen LogP contribution in [0.25, 0.3) is 0 Å². The Bertz CT molecular complexity index is 485. The minimum atomic E-state index is -0.570. The number of aliphatic hydroxyl groups is 1. The highest BCUT2D eigenvalue weighted by atomic mass is 19.1. The lowest BCUT2D eigenvalue weighted by molar-refractivity contribution is 0.299. The Balaban J connectivity index is 2.08. The number of hydrogen-bond acceptors (Lipinski definition) is 3. The second-order valence-electron chi connectivity index (χ2n) is 3.52. The first-order valence-electron chi connectivity index (χ1n) is 5.28.